The lowest BCUT2D eigenvalue weighted by Crippen LogP contribution is -2.73. The second kappa shape index (κ2) is 11.7. The molecular weight excluding hydrogens is 486 g/mol. The first-order valence-corrected chi connectivity index (χ1v) is 12.2. The minimum absolute atomic E-state index is 0.170. The Morgan fingerprint density at radius 2 is 1.58 bits per heavy atom. The topological polar surface area (TPSA) is 115 Å². The summed E-state index contributed by atoms with van der Waals surface area (Å²) in [5, 5.41) is 8.29. The lowest BCUT2D eigenvalue weighted by Gasteiger charge is -2.39. The Morgan fingerprint density at radius 3 is 2.21 bits per heavy atom. The van der Waals surface area contributed by atoms with E-state index in [0.717, 1.165) is 5.56 Å². The Hall–Kier alpha value is -4.53. The van der Waals surface area contributed by atoms with Crippen molar-refractivity contribution in [2.45, 2.75) is 37.6 Å². The number of benzene rings is 3. The number of ether oxygens (including phenoxy) is 3. The number of methoxy groups -OCH3 is 2. The molecule has 1 saturated heterocycles. The summed E-state index contributed by atoms with van der Waals surface area (Å²) in [6, 6.07) is 22.6. The molecule has 1 fully saturated rings. The molecule has 0 saturated carbocycles. The maximum atomic E-state index is 13.7. The summed E-state index contributed by atoms with van der Waals surface area (Å²) in [5.41, 5.74) is -0.0616. The molecule has 0 unspecified atom stereocenters. The van der Waals surface area contributed by atoms with Gasteiger partial charge in [-0.1, -0.05) is 54.6 Å². The number of hydrogen-bond acceptors (Lipinski definition) is 6. The smallest absolute Gasteiger partial charge is 0.251 e. The molecule has 1 aliphatic heterocycles. The molecule has 1 heterocycles. The van der Waals surface area contributed by atoms with Crippen molar-refractivity contribution in [2.24, 2.45) is 0 Å². The average molecular weight is 518 g/mol. The molecule has 3 aromatic carbocycles. The lowest BCUT2D eigenvalue weighted by atomic mass is 9.89. The van der Waals surface area contributed by atoms with E-state index in [-0.39, 0.29) is 18.2 Å². The van der Waals surface area contributed by atoms with Crippen LogP contribution in [-0.2, 0) is 26.3 Å². The van der Waals surface area contributed by atoms with Gasteiger partial charge in [0.1, 0.15) is 11.3 Å². The van der Waals surface area contributed by atoms with Crippen LogP contribution in [0.15, 0.2) is 78.9 Å². The van der Waals surface area contributed by atoms with Crippen LogP contribution < -0.4 is 30.2 Å². The van der Waals surface area contributed by atoms with Crippen LogP contribution in [0, 0.1) is 0 Å². The van der Waals surface area contributed by atoms with Crippen molar-refractivity contribution >= 4 is 17.7 Å². The van der Waals surface area contributed by atoms with Crippen molar-refractivity contribution in [1.82, 2.24) is 16.0 Å². The van der Waals surface area contributed by atoms with Crippen LogP contribution in [0.5, 0.6) is 17.2 Å². The van der Waals surface area contributed by atoms with Gasteiger partial charge >= 0.3 is 0 Å². The van der Waals surface area contributed by atoms with Gasteiger partial charge in [-0.2, -0.15) is 0 Å². The second-order valence-electron chi connectivity index (χ2n) is 9.04. The first kappa shape index (κ1) is 26.5. The third-order valence-corrected chi connectivity index (χ3v) is 6.45. The Kier molecular flexibility index (Phi) is 8.15. The summed E-state index contributed by atoms with van der Waals surface area (Å²) < 4.78 is 16.6. The quantitative estimate of drug-likeness (QED) is 0.337. The van der Waals surface area contributed by atoms with Gasteiger partial charge in [-0.15, -0.1) is 0 Å². The van der Waals surface area contributed by atoms with Crippen LogP contribution in [0.2, 0.25) is 0 Å². The van der Waals surface area contributed by atoms with E-state index < -0.39 is 23.7 Å². The molecule has 0 radical (unpaired) electrons. The highest BCUT2D eigenvalue weighted by molar-refractivity contribution is 5.98. The SMILES string of the molecule is COc1ccc([C@](C)(NC(=O)CCc2ccccc2)C(=O)N[C@@H]2C(=O)N[C@H]2Oc2ccccc2)cc1OC. The van der Waals surface area contributed by atoms with Gasteiger partial charge in [0.25, 0.3) is 11.8 Å². The molecule has 3 atom stereocenters. The number of carbonyl (C=O) groups is 3. The molecule has 0 bridgehead atoms. The largest absolute Gasteiger partial charge is 0.493 e. The minimum Gasteiger partial charge on any atom is -0.493 e. The summed E-state index contributed by atoms with van der Waals surface area (Å²) in [6.45, 7) is 1.59. The second-order valence-corrected chi connectivity index (χ2v) is 9.04. The lowest BCUT2D eigenvalue weighted by molar-refractivity contribution is -0.145. The summed E-state index contributed by atoms with van der Waals surface area (Å²) in [5.74, 6) is 0.145. The van der Waals surface area contributed by atoms with Crippen LogP contribution in [0.4, 0.5) is 0 Å². The van der Waals surface area contributed by atoms with E-state index in [0.29, 0.717) is 29.2 Å². The third-order valence-electron chi connectivity index (χ3n) is 6.45. The molecule has 9 heteroatoms. The summed E-state index contributed by atoms with van der Waals surface area (Å²) in [7, 11) is 3.00. The van der Waals surface area contributed by atoms with Crippen molar-refractivity contribution in [3.63, 3.8) is 0 Å². The van der Waals surface area contributed by atoms with Gasteiger partial charge in [-0.3, -0.25) is 14.4 Å². The molecule has 3 aromatic rings. The van der Waals surface area contributed by atoms with Crippen molar-refractivity contribution in [2.75, 3.05) is 14.2 Å². The molecule has 0 spiro atoms. The normalized spacial score (nSPS) is 17.7. The number of rotatable bonds is 11. The van der Waals surface area contributed by atoms with Crippen LogP contribution in [0.3, 0.4) is 0 Å². The Bertz CT molecular complexity index is 1280. The van der Waals surface area contributed by atoms with Gasteiger partial charge in [0, 0.05) is 6.42 Å². The van der Waals surface area contributed by atoms with Crippen molar-refractivity contribution in [3.8, 4) is 17.2 Å². The zero-order valence-corrected chi connectivity index (χ0v) is 21.5. The maximum Gasteiger partial charge on any atom is 0.251 e. The molecule has 0 aliphatic carbocycles. The van der Waals surface area contributed by atoms with Crippen molar-refractivity contribution in [3.05, 3.63) is 90.0 Å². The van der Waals surface area contributed by atoms with Gasteiger partial charge in [-0.05, 0) is 48.7 Å². The van der Waals surface area contributed by atoms with E-state index in [4.69, 9.17) is 14.2 Å². The predicted molar refractivity (Wildman–Crippen MR) is 141 cm³/mol. The fourth-order valence-electron chi connectivity index (χ4n) is 4.18. The molecule has 0 aromatic heterocycles. The van der Waals surface area contributed by atoms with E-state index in [9.17, 15) is 14.4 Å². The van der Waals surface area contributed by atoms with Crippen LogP contribution >= 0.6 is 0 Å². The fraction of sp³-hybridized carbons (Fsp3) is 0.276. The zero-order chi connectivity index (χ0) is 27.1. The van der Waals surface area contributed by atoms with Gasteiger partial charge in [0.15, 0.2) is 17.5 Å². The summed E-state index contributed by atoms with van der Waals surface area (Å²) in [6.07, 6.45) is -0.0738. The Morgan fingerprint density at radius 1 is 0.921 bits per heavy atom. The van der Waals surface area contributed by atoms with Gasteiger partial charge in [0.2, 0.25) is 12.1 Å². The number of aryl methyl sites for hydroxylation is 1. The molecule has 9 nitrogen and oxygen atoms in total. The van der Waals surface area contributed by atoms with Gasteiger partial charge in [-0.25, -0.2) is 0 Å². The standard InChI is InChI=1S/C29H31N3O6/c1-29(20-15-16-22(36-2)23(18-20)37-3,32-24(33)17-14-19-10-6-4-7-11-19)28(35)30-25-26(34)31-27(25)38-21-12-8-5-9-13-21/h4-13,15-16,18,25,27H,14,17H2,1-3H3,(H,30,35)(H,31,34)(H,32,33)/t25-,27+,29+/m1/s1. The first-order chi connectivity index (χ1) is 18.3. The van der Waals surface area contributed by atoms with Crippen LogP contribution in [-0.4, -0.2) is 44.2 Å². The van der Waals surface area contributed by atoms with Gasteiger partial charge < -0.3 is 30.2 Å². The van der Waals surface area contributed by atoms with E-state index in [1.807, 2.05) is 48.5 Å². The van der Waals surface area contributed by atoms with E-state index in [1.54, 1.807) is 37.3 Å². The Balaban J connectivity index is 1.56. The molecule has 4 rings (SSSR count). The highest BCUT2D eigenvalue weighted by Gasteiger charge is 2.46. The molecular formula is C29H31N3O6. The molecule has 38 heavy (non-hydrogen) atoms. The number of carbonyl (C=O) groups excluding carboxylic acids is 3. The zero-order valence-electron chi connectivity index (χ0n) is 21.5. The number of nitrogens with one attached hydrogen (secondary N) is 3. The van der Waals surface area contributed by atoms with Crippen molar-refractivity contribution in [1.29, 1.82) is 0 Å². The first-order valence-electron chi connectivity index (χ1n) is 12.2. The maximum absolute atomic E-state index is 13.7. The number of hydrogen-bond donors (Lipinski definition) is 3. The van der Waals surface area contributed by atoms with E-state index in [1.165, 1.54) is 14.2 Å². The van der Waals surface area contributed by atoms with Gasteiger partial charge in [0.05, 0.1) is 14.2 Å². The number of β-lactam (4-membered cyclic amide) rings is 1. The Labute approximate surface area is 221 Å². The van der Waals surface area contributed by atoms with E-state index in [2.05, 4.69) is 16.0 Å². The molecule has 3 N–H and O–H groups in total. The van der Waals surface area contributed by atoms with Crippen LogP contribution in [0.1, 0.15) is 24.5 Å². The number of para-hydroxylation sites is 1. The highest BCUT2D eigenvalue weighted by atomic mass is 16.5. The van der Waals surface area contributed by atoms with Crippen LogP contribution in [0.25, 0.3) is 0 Å². The van der Waals surface area contributed by atoms with Crippen molar-refractivity contribution < 1.29 is 28.6 Å². The third kappa shape index (κ3) is 5.88. The summed E-state index contributed by atoms with van der Waals surface area (Å²) >= 11 is 0. The predicted octanol–water partition coefficient (Wildman–Crippen LogP) is 2.69. The molecule has 198 valence electrons. The highest BCUT2D eigenvalue weighted by Crippen LogP contribution is 2.33. The molecule has 3 amide bonds. The number of amides is 3. The summed E-state index contributed by atoms with van der Waals surface area (Å²) in [4.78, 5) is 39.2. The molecule has 1 aliphatic rings. The average Bonchev–Trinajstić information content (AvgIpc) is 2.95. The fourth-order valence-corrected chi connectivity index (χ4v) is 4.18. The van der Waals surface area contributed by atoms with E-state index >= 15 is 0 Å². The minimum atomic E-state index is -1.53. The monoisotopic (exact) mass is 517 g/mol.